The van der Waals surface area contributed by atoms with Crippen molar-refractivity contribution in [3.8, 4) is 11.5 Å². The van der Waals surface area contributed by atoms with Crippen LogP contribution in [0.1, 0.15) is 41.6 Å². The summed E-state index contributed by atoms with van der Waals surface area (Å²) < 4.78 is 8.45. The molecule has 1 aromatic heterocycles. The van der Waals surface area contributed by atoms with Gasteiger partial charge in [0.2, 0.25) is 0 Å². The molecule has 0 bridgehead atoms. The average Bonchev–Trinajstić information content (AvgIpc) is 3.20. The average molecular weight is 594 g/mol. The highest BCUT2D eigenvalue weighted by molar-refractivity contribution is 9.10. The molecule has 0 radical (unpaired) electrons. The number of hydrogen-bond acceptors (Lipinski definition) is 5. The second kappa shape index (κ2) is 9.63. The lowest BCUT2D eigenvalue weighted by Gasteiger charge is -2.30. The Hall–Kier alpha value is -3.13. The minimum Gasteiger partial charge on any atom is -0.503 e. The van der Waals surface area contributed by atoms with Crippen molar-refractivity contribution in [1.82, 2.24) is 4.57 Å². The van der Waals surface area contributed by atoms with Crippen molar-refractivity contribution >= 4 is 50.6 Å². The summed E-state index contributed by atoms with van der Waals surface area (Å²) in [5.41, 5.74) is 6.16. The second-order valence-electron chi connectivity index (χ2n) is 8.95. The Morgan fingerprint density at radius 1 is 1.19 bits per heavy atom. The van der Waals surface area contributed by atoms with E-state index >= 15 is 0 Å². The summed E-state index contributed by atoms with van der Waals surface area (Å²) in [7, 11) is 0. The van der Waals surface area contributed by atoms with E-state index in [9.17, 15) is 9.90 Å². The molecular formula is C29H22BrClN2O3S. The largest absolute Gasteiger partial charge is 0.503 e. The van der Waals surface area contributed by atoms with Gasteiger partial charge >= 0.3 is 0 Å². The van der Waals surface area contributed by atoms with Gasteiger partial charge in [0.05, 0.1) is 27.4 Å². The van der Waals surface area contributed by atoms with Crippen molar-refractivity contribution in [3.05, 3.63) is 118 Å². The lowest BCUT2D eigenvalue weighted by Crippen LogP contribution is -2.38. The van der Waals surface area contributed by atoms with Crippen LogP contribution in [-0.2, 0) is 6.42 Å². The number of halogens is 2. The van der Waals surface area contributed by atoms with Crippen molar-refractivity contribution in [2.45, 2.75) is 25.8 Å². The molecule has 0 saturated carbocycles. The number of fused-ring (bicyclic) bond motifs is 3. The number of benzene rings is 3. The topological polar surface area (TPSA) is 63.8 Å². The smallest absolute Gasteiger partial charge is 0.271 e. The van der Waals surface area contributed by atoms with E-state index in [0.29, 0.717) is 31.2 Å². The second-order valence-corrected chi connectivity index (χ2v) is 11.2. The lowest BCUT2D eigenvalue weighted by molar-refractivity contribution is 0.317. The van der Waals surface area contributed by atoms with E-state index in [1.165, 1.54) is 16.9 Å². The standard InChI is InChI=1S/C29H22BrClN2O3S/c1-2-36-23-14-16(13-22(30)27(23)34)15-24-28(35)33-26(18-7-10-19(31)11-8-18)21-12-9-17-5-3-4-6-20(17)25(21)32-29(33)37-24/h3-8,10-11,13-15,26,34H,2,9,12H2,1H3. The molecule has 186 valence electrons. The van der Waals surface area contributed by atoms with Crippen LogP contribution in [0.4, 0.5) is 0 Å². The van der Waals surface area contributed by atoms with E-state index < -0.39 is 0 Å². The van der Waals surface area contributed by atoms with Gasteiger partial charge in [0.15, 0.2) is 16.3 Å². The summed E-state index contributed by atoms with van der Waals surface area (Å²) in [6.07, 6.45) is 3.56. The number of phenols is 1. The van der Waals surface area contributed by atoms with Crippen molar-refractivity contribution in [1.29, 1.82) is 0 Å². The number of rotatable bonds is 4. The highest BCUT2D eigenvalue weighted by Crippen LogP contribution is 2.41. The molecule has 37 heavy (non-hydrogen) atoms. The van der Waals surface area contributed by atoms with Gasteiger partial charge in [-0.25, -0.2) is 4.99 Å². The third-order valence-corrected chi connectivity index (χ3v) is 8.55. The Balaban J connectivity index is 1.59. The monoisotopic (exact) mass is 592 g/mol. The highest BCUT2D eigenvalue weighted by atomic mass is 79.9. The Morgan fingerprint density at radius 2 is 1.97 bits per heavy atom. The Morgan fingerprint density at radius 3 is 2.76 bits per heavy atom. The van der Waals surface area contributed by atoms with Gasteiger partial charge in [-0.3, -0.25) is 9.36 Å². The molecule has 0 saturated heterocycles. The van der Waals surface area contributed by atoms with Crippen molar-refractivity contribution in [2.75, 3.05) is 6.61 Å². The van der Waals surface area contributed by atoms with Gasteiger partial charge in [0, 0.05) is 10.6 Å². The molecule has 8 heteroatoms. The maximum absolute atomic E-state index is 13.9. The predicted molar refractivity (Wildman–Crippen MR) is 151 cm³/mol. The van der Waals surface area contributed by atoms with Crippen LogP contribution < -0.4 is 19.6 Å². The number of allylic oxidation sites excluding steroid dienone is 1. The van der Waals surface area contributed by atoms with Crippen LogP contribution in [-0.4, -0.2) is 16.3 Å². The summed E-state index contributed by atoms with van der Waals surface area (Å²) in [6, 6.07) is 19.3. The van der Waals surface area contributed by atoms with Gasteiger partial charge in [-0.2, -0.15) is 0 Å². The number of phenolic OH excluding ortho intramolecular Hbond substituents is 1. The first-order valence-corrected chi connectivity index (χ1v) is 14.0. The summed E-state index contributed by atoms with van der Waals surface area (Å²) in [5.74, 6) is 0.400. The van der Waals surface area contributed by atoms with Crippen molar-refractivity contribution < 1.29 is 9.84 Å². The highest BCUT2D eigenvalue weighted by Gasteiger charge is 2.32. The van der Waals surface area contributed by atoms with E-state index in [-0.39, 0.29) is 17.4 Å². The van der Waals surface area contributed by atoms with Crippen molar-refractivity contribution in [2.24, 2.45) is 4.99 Å². The molecule has 1 unspecified atom stereocenters. The van der Waals surface area contributed by atoms with Gasteiger partial charge < -0.3 is 9.84 Å². The zero-order chi connectivity index (χ0) is 25.7. The Labute approximate surface area is 230 Å². The third-order valence-electron chi connectivity index (χ3n) is 6.71. The summed E-state index contributed by atoms with van der Waals surface area (Å²) in [6.45, 7) is 2.27. The van der Waals surface area contributed by atoms with Crippen LogP contribution in [0.15, 0.2) is 80.5 Å². The fraction of sp³-hybridized carbons (Fsp3) is 0.172. The quantitative estimate of drug-likeness (QED) is 0.324. The van der Waals surface area contributed by atoms with E-state index in [1.807, 2.05) is 47.9 Å². The molecule has 1 aliphatic heterocycles. The van der Waals surface area contributed by atoms with Crippen LogP contribution in [0.25, 0.3) is 11.8 Å². The first kappa shape index (κ1) is 24.2. The van der Waals surface area contributed by atoms with Gasteiger partial charge in [-0.1, -0.05) is 59.3 Å². The van der Waals surface area contributed by atoms with Crippen LogP contribution in [0, 0.1) is 0 Å². The van der Waals surface area contributed by atoms with Gasteiger partial charge in [-0.05, 0) is 88.3 Å². The molecule has 5 nitrogen and oxygen atoms in total. The molecule has 0 fully saturated rings. The van der Waals surface area contributed by atoms with Gasteiger partial charge in [0.25, 0.3) is 5.56 Å². The van der Waals surface area contributed by atoms with Crippen LogP contribution in [0.5, 0.6) is 11.5 Å². The number of nitrogens with zero attached hydrogens (tertiary/aromatic N) is 2. The molecule has 2 heterocycles. The molecule has 0 amide bonds. The molecule has 1 atom stereocenters. The zero-order valence-corrected chi connectivity index (χ0v) is 23.0. The molecule has 1 N–H and O–H groups in total. The van der Waals surface area contributed by atoms with E-state index in [0.717, 1.165) is 40.8 Å². The summed E-state index contributed by atoms with van der Waals surface area (Å²) in [5, 5.41) is 11.0. The molecule has 1 aliphatic carbocycles. The number of aromatic nitrogens is 1. The van der Waals surface area contributed by atoms with E-state index in [1.54, 1.807) is 12.1 Å². The van der Waals surface area contributed by atoms with Crippen LogP contribution in [0.3, 0.4) is 0 Å². The van der Waals surface area contributed by atoms with E-state index in [4.69, 9.17) is 21.3 Å². The van der Waals surface area contributed by atoms with Crippen LogP contribution in [0.2, 0.25) is 5.02 Å². The lowest BCUT2D eigenvalue weighted by atomic mass is 9.83. The molecule has 2 aliphatic rings. The molecule has 3 aromatic carbocycles. The maximum Gasteiger partial charge on any atom is 0.271 e. The number of hydrogen-bond donors (Lipinski definition) is 1. The Bertz CT molecular complexity index is 1760. The minimum atomic E-state index is -0.260. The molecular weight excluding hydrogens is 572 g/mol. The number of aryl methyl sites for hydroxylation is 1. The maximum atomic E-state index is 13.9. The van der Waals surface area contributed by atoms with Gasteiger partial charge in [-0.15, -0.1) is 0 Å². The molecule has 0 spiro atoms. The van der Waals surface area contributed by atoms with Crippen molar-refractivity contribution in [3.63, 3.8) is 0 Å². The normalized spacial score (nSPS) is 16.6. The fourth-order valence-corrected chi connectivity index (χ4v) is 6.65. The summed E-state index contributed by atoms with van der Waals surface area (Å²) >= 11 is 11.0. The predicted octanol–water partition coefficient (Wildman–Crippen LogP) is 5.84. The minimum absolute atomic E-state index is 0.0366. The number of thiazole rings is 1. The molecule has 4 aromatic rings. The SMILES string of the molecule is CCOc1cc(C=c2sc3n(c2=O)C(c2ccc(Cl)cc2)C2=C(N=3)c3ccccc3CC2)cc(Br)c1O. The first-order valence-electron chi connectivity index (χ1n) is 12.0. The summed E-state index contributed by atoms with van der Waals surface area (Å²) in [4.78, 5) is 19.6. The van der Waals surface area contributed by atoms with Gasteiger partial charge in [0.1, 0.15) is 0 Å². The third kappa shape index (κ3) is 4.25. The van der Waals surface area contributed by atoms with Crippen LogP contribution >= 0.6 is 38.9 Å². The zero-order valence-electron chi connectivity index (χ0n) is 19.9. The fourth-order valence-electron chi connectivity index (χ4n) is 5.06. The first-order chi connectivity index (χ1) is 17.9. The van der Waals surface area contributed by atoms with E-state index in [2.05, 4.69) is 34.1 Å². The Kier molecular flexibility index (Phi) is 6.31. The number of aromatic hydroxyl groups is 1. The molecule has 6 rings (SSSR count). The number of ether oxygens (including phenoxy) is 1.